The highest BCUT2D eigenvalue weighted by molar-refractivity contribution is 5.72. The number of rotatable bonds is 17. The lowest BCUT2D eigenvalue weighted by Crippen LogP contribution is -2.28. The minimum Gasteiger partial charge on any atom is -0.460 e. The molecule has 0 bridgehead atoms. The summed E-state index contributed by atoms with van der Waals surface area (Å²) in [5.41, 5.74) is -0.365. The van der Waals surface area contributed by atoms with Crippen LogP contribution in [-0.2, 0) is 9.53 Å². The van der Waals surface area contributed by atoms with Crippen molar-refractivity contribution in [2.24, 2.45) is 5.92 Å². The van der Waals surface area contributed by atoms with Gasteiger partial charge in [0.25, 0.3) is 0 Å². The van der Waals surface area contributed by atoms with E-state index < -0.39 is 0 Å². The quantitative estimate of drug-likeness (QED) is 0.191. The zero-order valence-electron chi connectivity index (χ0n) is 18.7. The molecular formula is C24H48O2. The van der Waals surface area contributed by atoms with E-state index in [9.17, 15) is 4.79 Å². The van der Waals surface area contributed by atoms with E-state index in [-0.39, 0.29) is 17.5 Å². The van der Waals surface area contributed by atoms with Gasteiger partial charge in [-0.15, -0.1) is 0 Å². The molecule has 0 amide bonds. The van der Waals surface area contributed by atoms with Crippen LogP contribution in [0.1, 0.15) is 137 Å². The minimum atomic E-state index is -0.365. The van der Waals surface area contributed by atoms with E-state index in [4.69, 9.17) is 4.74 Å². The van der Waals surface area contributed by atoms with Gasteiger partial charge in [-0.1, -0.05) is 104 Å². The topological polar surface area (TPSA) is 26.3 Å². The van der Waals surface area contributed by atoms with Crippen LogP contribution in [0.3, 0.4) is 0 Å². The molecule has 0 aromatic heterocycles. The lowest BCUT2D eigenvalue weighted by Gasteiger charge is -2.24. The Morgan fingerprint density at radius 2 is 1.00 bits per heavy atom. The van der Waals surface area contributed by atoms with E-state index >= 15 is 0 Å². The summed E-state index contributed by atoms with van der Waals surface area (Å²) < 4.78 is 5.68. The third kappa shape index (κ3) is 16.9. The van der Waals surface area contributed by atoms with Gasteiger partial charge in [-0.3, -0.25) is 4.79 Å². The molecule has 0 aliphatic carbocycles. The van der Waals surface area contributed by atoms with Crippen LogP contribution in [0.4, 0.5) is 0 Å². The molecule has 0 radical (unpaired) electrons. The zero-order chi connectivity index (χ0) is 19.7. The van der Waals surface area contributed by atoms with Gasteiger partial charge in [-0.25, -0.2) is 0 Å². The van der Waals surface area contributed by atoms with Gasteiger partial charge in [0.2, 0.25) is 0 Å². The van der Waals surface area contributed by atoms with Crippen LogP contribution in [0.25, 0.3) is 0 Å². The van der Waals surface area contributed by atoms with Gasteiger partial charge < -0.3 is 4.74 Å². The van der Waals surface area contributed by atoms with Crippen molar-refractivity contribution in [3.63, 3.8) is 0 Å². The van der Waals surface area contributed by atoms with Crippen molar-refractivity contribution >= 4 is 5.97 Å². The lowest BCUT2D eigenvalue weighted by atomic mass is 9.94. The molecular weight excluding hydrogens is 320 g/mol. The van der Waals surface area contributed by atoms with Gasteiger partial charge in [0.1, 0.15) is 5.60 Å². The van der Waals surface area contributed by atoms with Crippen LogP contribution in [0.15, 0.2) is 0 Å². The predicted octanol–water partition coefficient (Wildman–Crippen LogP) is 8.23. The smallest absolute Gasteiger partial charge is 0.309 e. The Bertz CT molecular complexity index is 317. The molecule has 156 valence electrons. The van der Waals surface area contributed by atoms with E-state index in [1.165, 1.54) is 89.9 Å². The van der Waals surface area contributed by atoms with Crippen molar-refractivity contribution in [1.29, 1.82) is 0 Å². The van der Waals surface area contributed by atoms with Crippen LogP contribution in [0.5, 0.6) is 0 Å². The van der Waals surface area contributed by atoms with Gasteiger partial charge in [0.05, 0.1) is 5.92 Å². The van der Waals surface area contributed by atoms with Gasteiger partial charge in [-0.2, -0.15) is 0 Å². The second-order valence-electron chi connectivity index (χ2n) is 9.05. The maximum atomic E-state index is 12.5. The fraction of sp³-hybridized carbons (Fsp3) is 0.958. The Morgan fingerprint density at radius 3 is 1.35 bits per heavy atom. The molecule has 0 saturated heterocycles. The summed E-state index contributed by atoms with van der Waals surface area (Å²) in [6.45, 7) is 10.4. The van der Waals surface area contributed by atoms with E-state index in [1.54, 1.807) is 0 Å². The second-order valence-corrected chi connectivity index (χ2v) is 9.05. The molecule has 2 heteroatoms. The largest absolute Gasteiger partial charge is 0.460 e. The SMILES string of the molecule is CCCCCCCCCCC(CCCCCCCC)C(=O)OC(C)(C)C. The molecule has 0 heterocycles. The van der Waals surface area contributed by atoms with Crippen LogP contribution in [-0.4, -0.2) is 11.6 Å². The third-order valence-corrected chi connectivity index (χ3v) is 5.05. The third-order valence-electron chi connectivity index (χ3n) is 5.05. The van der Waals surface area contributed by atoms with Gasteiger partial charge in [0.15, 0.2) is 0 Å². The zero-order valence-corrected chi connectivity index (χ0v) is 18.7. The summed E-state index contributed by atoms with van der Waals surface area (Å²) >= 11 is 0. The molecule has 0 fully saturated rings. The molecule has 26 heavy (non-hydrogen) atoms. The van der Waals surface area contributed by atoms with E-state index in [0.29, 0.717) is 0 Å². The maximum Gasteiger partial charge on any atom is 0.309 e. The highest BCUT2D eigenvalue weighted by Gasteiger charge is 2.24. The van der Waals surface area contributed by atoms with Crippen LogP contribution >= 0.6 is 0 Å². The Balaban J connectivity index is 4.06. The van der Waals surface area contributed by atoms with Gasteiger partial charge in [-0.05, 0) is 33.6 Å². The molecule has 2 nitrogen and oxygen atoms in total. The lowest BCUT2D eigenvalue weighted by molar-refractivity contribution is -0.160. The number of hydrogen-bond acceptors (Lipinski definition) is 2. The Labute approximate surface area is 164 Å². The Hall–Kier alpha value is -0.530. The molecule has 0 aliphatic rings. The number of ether oxygens (including phenoxy) is 1. The van der Waals surface area contributed by atoms with Crippen LogP contribution in [0, 0.1) is 5.92 Å². The molecule has 0 spiro atoms. The number of unbranched alkanes of at least 4 members (excludes halogenated alkanes) is 12. The first-order valence-electron chi connectivity index (χ1n) is 11.6. The fourth-order valence-electron chi connectivity index (χ4n) is 3.46. The summed E-state index contributed by atoms with van der Waals surface area (Å²) in [4.78, 5) is 12.5. The van der Waals surface area contributed by atoms with Gasteiger partial charge >= 0.3 is 5.97 Å². The summed E-state index contributed by atoms with van der Waals surface area (Å²) in [6.07, 6.45) is 20.3. The van der Waals surface area contributed by atoms with Crippen molar-refractivity contribution < 1.29 is 9.53 Å². The Morgan fingerprint density at radius 1 is 0.654 bits per heavy atom. The fourth-order valence-corrected chi connectivity index (χ4v) is 3.46. The summed E-state index contributed by atoms with van der Waals surface area (Å²) in [6, 6.07) is 0. The van der Waals surface area contributed by atoms with Crippen molar-refractivity contribution in [1.82, 2.24) is 0 Å². The van der Waals surface area contributed by atoms with Crippen molar-refractivity contribution in [3.05, 3.63) is 0 Å². The van der Waals surface area contributed by atoms with E-state index in [1.807, 2.05) is 20.8 Å². The normalized spacial score (nSPS) is 13.0. The average molecular weight is 369 g/mol. The standard InChI is InChI=1S/C24H48O2/c1-6-8-10-12-14-15-17-19-21-22(23(25)26-24(3,4)5)20-18-16-13-11-9-7-2/h22H,6-21H2,1-5H3. The summed E-state index contributed by atoms with van der Waals surface area (Å²) in [7, 11) is 0. The predicted molar refractivity (Wildman–Crippen MR) is 115 cm³/mol. The van der Waals surface area contributed by atoms with E-state index in [0.717, 1.165) is 12.8 Å². The molecule has 0 aromatic carbocycles. The number of carbonyl (C=O) groups is 1. The van der Waals surface area contributed by atoms with Crippen molar-refractivity contribution in [3.8, 4) is 0 Å². The molecule has 0 N–H and O–H groups in total. The summed E-state index contributed by atoms with van der Waals surface area (Å²) in [5.74, 6) is 0.148. The second kappa shape index (κ2) is 16.6. The van der Waals surface area contributed by atoms with Crippen LogP contribution in [0.2, 0.25) is 0 Å². The molecule has 1 atom stereocenters. The van der Waals surface area contributed by atoms with Crippen molar-refractivity contribution in [2.75, 3.05) is 0 Å². The average Bonchev–Trinajstić information content (AvgIpc) is 2.56. The monoisotopic (exact) mass is 368 g/mol. The Kier molecular flexibility index (Phi) is 16.3. The molecule has 0 rings (SSSR count). The highest BCUT2D eigenvalue weighted by atomic mass is 16.6. The molecule has 0 saturated carbocycles. The van der Waals surface area contributed by atoms with Crippen LogP contribution < -0.4 is 0 Å². The first kappa shape index (κ1) is 25.5. The molecule has 0 aliphatic heterocycles. The summed E-state index contributed by atoms with van der Waals surface area (Å²) in [5, 5.41) is 0. The maximum absolute atomic E-state index is 12.5. The number of esters is 1. The van der Waals surface area contributed by atoms with Crippen molar-refractivity contribution in [2.45, 2.75) is 143 Å². The number of carbonyl (C=O) groups excluding carboxylic acids is 1. The first-order chi connectivity index (χ1) is 12.4. The molecule has 1 unspecified atom stereocenters. The number of hydrogen-bond donors (Lipinski definition) is 0. The molecule has 0 aromatic rings. The van der Waals surface area contributed by atoms with E-state index in [2.05, 4.69) is 13.8 Å². The highest BCUT2D eigenvalue weighted by Crippen LogP contribution is 2.23. The first-order valence-corrected chi connectivity index (χ1v) is 11.6. The minimum absolute atomic E-state index is 0.0361. The van der Waals surface area contributed by atoms with Gasteiger partial charge in [0, 0.05) is 0 Å².